The number of nitrogens with zero attached hydrogens (tertiary/aromatic N) is 2. The highest BCUT2D eigenvalue weighted by Crippen LogP contribution is 2.11. The summed E-state index contributed by atoms with van der Waals surface area (Å²) in [5.74, 6) is 0.674. The maximum atomic E-state index is 8.66. The van der Waals surface area contributed by atoms with Gasteiger partial charge in [0.15, 0.2) is 0 Å². The summed E-state index contributed by atoms with van der Waals surface area (Å²) in [5.41, 5.74) is 0.959. The summed E-state index contributed by atoms with van der Waals surface area (Å²) in [6, 6.07) is 7.93. The summed E-state index contributed by atoms with van der Waals surface area (Å²) >= 11 is 0. The van der Waals surface area contributed by atoms with Crippen LogP contribution < -0.4 is 5.32 Å². The van der Waals surface area contributed by atoms with Crippen LogP contribution in [-0.2, 0) is 0 Å². The van der Waals surface area contributed by atoms with Gasteiger partial charge in [-0.05, 0) is 25.3 Å². The number of nitrogens with one attached hydrogen (secondary N) is 1. The number of aliphatic hydroxyl groups excluding tert-OH is 1. The molecule has 2 aromatic rings. The topological polar surface area (TPSA) is 58.0 Å². The number of fused-ring (bicyclic) bond motifs is 1. The molecular weight excluding hydrogens is 214 g/mol. The van der Waals surface area contributed by atoms with Gasteiger partial charge in [-0.2, -0.15) is 0 Å². The van der Waals surface area contributed by atoms with Crippen LogP contribution in [0.3, 0.4) is 0 Å². The molecule has 0 unspecified atom stereocenters. The SMILES string of the molecule is OCCCCCNc1ncc2ccccc2n1. The van der Waals surface area contributed by atoms with Crippen molar-refractivity contribution >= 4 is 16.9 Å². The molecule has 0 aliphatic rings. The van der Waals surface area contributed by atoms with E-state index in [9.17, 15) is 0 Å². The van der Waals surface area contributed by atoms with E-state index in [2.05, 4.69) is 15.3 Å². The summed E-state index contributed by atoms with van der Waals surface area (Å²) in [4.78, 5) is 8.67. The zero-order valence-corrected chi connectivity index (χ0v) is 9.76. The average molecular weight is 231 g/mol. The first-order chi connectivity index (χ1) is 8.40. The molecule has 2 N–H and O–H groups in total. The van der Waals surface area contributed by atoms with Gasteiger partial charge in [-0.3, -0.25) is 0 Å². The molecule has 0 bridgehead atoms. The summed E-state index contributed by atoms with van der Waals surface area (Å²) < 4.78 is 0. The second-order valence-electron chi connectivity index (χ2n) is 3.96. The van der Waals surface area contributed by atoms with Crippen molar-refractivity contribution < 1.29 is 5.11 Å². The molecule has 90 valence electrons. The quantitative estimate of drug-likeness (QED) is 0.748. The number of aromatic nitrogens is 2. The fraction of sp³-hybridized carbons (Fsp3) is 0.385. The number of aliphatic hydroxyl groups is 1. The number of unbranched alkanes of at least 4 members (excludes halogenated alkanes) is 2. The molecule has 0 amide bonds. The lowest BCUT2D eigenvalue weighted by molar-refractivity contribution is 0.283. The van der Waals surface area contributed by atoms with Gasteiger partial charge in [0.25, 0.3) is 0 Å². The minimum absolute atomic E-state index is 0.270. The second-order valence-corrected chi connectivity index (χ2v) is 3.96. The molecule has 1 heterocycles. The van der Waals surface area contributed by atoms with E-state index >= 15 is 0 Å². The lowest BCUT2D eigenvalue weighted by atomic mass is 10.2. The third-order valence-electron chi connectivity index (χ3n) is 2.61. The Morgan fingerprint density at radius 3 is 2.88 bits per heavy atom. The van der Waals surface area contributed by atoms with Crippen molar-refractivity contribution in [2.24, 2.45) is 0 Å². The van der Waals surface area contributed by atoms with Crippen LogP contribution in [0.15, 0.2) is 30.5 Å². The van der Waals surface area contributed by atoms with Crippen molar-refractivity contribution in [1.82, 2.24) is 9.97 Å². The molecule has 0 radical (unpaired) electrons. The molecular formula is C13H17N3O. The Labute approximate surface area is 101 Å². The summed E-state index contributed by atoms with van der Waals surface area (Å²) in [7, 11) is 0. The van der Waals surface area contributed by atoms with Gasteiger partial charge >= 0.3 is 0 Å². The molecule has 0 spiro atoms. The first-order valence-electron chi connectivity index (χ1n) is 5.96. The number of hydrogen-bond donors (Lipinski definition) is 2. The summed E-state index contributed by atoms with van der Waals surface area (Å²) in [6.07, 6.45) is 4.74. The van der Waals surface area contributed by atoms with E-state index < -0.39 is 0 Å². The van der Waals surface area contributed by atoms with Crippen molar-refractivity contribution in [1.29, 1.82) is 0 Å². The van der Waals surface area contributed by atoms with Crippen LogP contribution in [0.5, 0.6) is 0 Å². The lowest BCUT2D eigenvalue weighted by Gasteiger charge is -2.05. The molecule has 2 rings (SSSR count). The van der Waals surface area contributed by atoms with Gasteiger partial charge in [-0.1, -0.05) is 18.2 Å². The molecule has 4 nitrogen and oxygen atoms in total. The largest absolute Gasteiger partial charge is 0.396 e. The van der Waals surface area contributed by atoms with Crippen molar-refractivity contribution in [3.05, 3.63) is 30.5 Å². The standard InChI is InChI=1S/C13H17N3O/c17-9-5-1-4-8-14-13-15-10-11-6-2-3-7-12(11)16-13/h2-3,6-7,10,17H,1,4-5,8-9H2,(H,14,15,16). The van der Waals surface area contributed by atoms with Crippen molar-refractivity contribution in [3.63, 3.8) is 0 Å². The highest BCUT2D eigenvalue weighted by atomic mass is 16.2. The maximum absolute atomic E-state index is 8.66. The smallest absolute Gasteiger partial charge is 0.223 e. The minimum atomic E-state index is 0.270. The molecule has 0 fully saturated rings. The van der Waals surface area contributed by atoms with Crippen LogP contribution in [-0.4, -0.2) is 28.2 Å². The van der Waals surface area contributed by atoms with Crippen LogP contribution in [0, 0.1) is 0 Å². The molecule has 0 atom stereocenters. The molecule has 0 aliphatic heterocycles. The van der Waals surface area contributed by atoms with E-state index in [1.165, 1.54) is 0 Å². The van der Waals surface area contributed by atoms with Gasteiger partial charge in [0.1, 0.15) is 0 Å². The maximum Gasteiger partial charge on any atom is 0.223 e. The Hall–Kier alpha value is -1.68. The van der Waals surface area contributed by atoms with E-state index in [0.29, 0.717) is 5.95 Å². The predicted octanol–water partition coefficient (Wildman–Crippen LogP) is 2.20. The zero-order valence-electron chi connectivity index (χ0n) is 9.76. The molecule has 0 saturated heterocycles. The number of para-hydroxylation sites is 1. The molecule has 4 heteroatoms. The monoisotopic (exact) mass is 231 g/mol. The third-order valence-corrected chi connectivity index (χ3v) is 2.61. The molecule has 0 saturated carbocycles. The van der Waals surface area contributed by atoms with Gasteiger partial charge in [0.05, 0.1) is 5.52 Å². The lowest BCUT2D eigenvalue weighted by Crippen LogP contribution is -2.05. The average Bonchev–Trinajstić information content (AvgIpc) is 2.38. The minimum Gasteiger partial charge on any atom is -0.396 e. The molecule has 0 aliphatic carbocycles. The van der Waals surface area contributed by atoms with Gasteiger partial charge < -0.3 is 10.4 Å². The van der Waals surface area contributed by atoms with Crippen LogP contribution in [0.4, 0.5) is 5.95 Å². The normalized spacial score (nSPS) is 10.6. The van der Waals surface area contributed by atoms with Gasteiger partial charge in [-0.25, -0.2) is 9.97 Å². The van der Waals surface area contributed by atoms with Crippen molar-refractivity contribution in [3.8, 4) is 0 Å². The molecule has 1 aromatic heterocycles. The molecule has 17 heavy (non-hydrogen) atoms. The number of anilines is 1. The molecule has 1 aromatic carbocycles. The van der Waals surface area contributed by atoms with Crippen molar-refractivity contribution in [2.75, 3.05) is 18.5 Å². The number of hydrogen-bond acceptors (Lipinski definition) is 4. The number of rotatable bonds is 6. The predicted molar refractivity (Wildman–Crippen MR) is 69.0 cm³/mol. The Bertz CT molecular complexity index is 473. The Morgan fingerprint density at radius 1 is 1.12 bits per heavy atom. The van der Waals surface area contributed by atoms with Crippen LogP contribution in [0.25, 0.3) is 10.9 Å². The van der Waals surface area contributed by atoms with Gasteiger partial charge in [-0.15, -0.1) is 0 Å². The van der Waals surface area contributed by atoms with Crippen LogP contribution >= 0.6 is 0 Å². The first kappa shape index (κ1) is 11.8. The summed E-state index contributed by atoms with van der Waals surface area (Å²) in [5, 5.41) is 12.9. The van der Waals surface area contributed by atoms with Gasteiger partial charge in [0, 0.05) is 24.7 Å². The highest BCUT2D eigenvalue weighted by molar-refractivity contribution is 5.78. The number of benzene rings is 1. The first-order valence-corrected chi connectivity index (χ1v) is 5.96. The van der Waals surface area contributed by atoms with E-state index in [1.54, 1.807) is 0 Å². The fourth-order valence-corrected chi connectivity index (χ4v) is 1.67. The van der Waals surface area contributed by atoms with Crippen LogP contribution in [0.1, 0.15) is 19.3 Å². The van der Waals surface area contributed by atoms with E-state index in [1.807, 2.05) is 30.5 Å². The van der Waals surface area contributed by atoms with Crippen molar-refractivity contribution in [2.45, 2.75) is 19.3 Å². The third kappa shape index (κ3) is 3.39. The Kier molecular flexibility index (Phi) is 4.27. The Morgan fingerprint density at radius 2 is 2.00 bits per heavy atom. The van der Waals surface area contributed by atoms with Gasteiger partial charge in [0.2, 0.25) is 5.95 Å². The van der Waals surface area contributed by atoms with E-state index in [-0.39, 0.29) is 6.61 Å². The fourth-order valence-electron chi connectivity index (χ4n) is 1.67. The van der Waals surface area contributed by atoms with Crippen LogP contribution in [0.2, 0.25) is 0 Å². The zero-order chi connectivity index (χ0) is 11.9. The Balaban J connectivity index is 1.90. The highest BCUT2D eigenvalue weighted by Gasteiger charge is 1.98. The summed E-state index contributed by atoms with van der Waals surface area (Å²) in [6.45, 7) is 1.12. The second kappa shape index (κ2) is 6.15. The van der Waals surface area contributed by atoms with E-state index in [4.69, 9.17) is 5.11 Å². The van der Waals surface area contributed by atoms with E-state index in [0.717, 1.165) is 36.7 Å².